The molecule has 0 saturated heterocycles. The summed E-state index contributed by atoms with van der Waals surface area (Å²) in [5.74, 6) is -1.29. The van der Waals surface area contributed by atoms with Gasteiger partial charge in [0.1, 0.15) is 0 Å². The van der Waals surface area contributed by atoms with Gasteiger partial charge in [-0.2, -0.15) is 0 Å². The van der Waals surface area contributed by atoms with Crippen LogP contribution in [0.1, 0.15) is 40.5 Å². The van der Waals surface area contributed by atoms with Crippen LogP contribution >= 0.6 is 0 Å². The maximum atomic E-state index is 11.9. The highest BCUT2D eigenvalue weighted by Gasteiger charge is 2.45. The third kappa shape index (κ3) is 2.08. The van der Waals surface area contributed by atoms with E-state index in [4.69, 9.17) is 5.11 Å². The lowest BCUT2D eigenvalue weighted by molar-refractivity contribution is -0.139. The fourth-order valence-electron chi connectivity index (χ4n) is 1.27. The third-order valence-corrected chi connectivity index (χ3v) is 5.72. The van der Waals surface area contributed by atoms with Crippen molar-refractivity contribution >= 4 is 15.8 Å². The molecule has 0 heterocycles. The zero-order chi connectivity index (χ0) is 11.6. The van der Waals surface area contributed by atoms with E-state index < -0.39 is 25.8 Å². The molecule has 0 fully saturated rings. The highest BCUT2D eigenvalue weighted by atomic mass is 32.2. The molecule has 14 heavy (non-hydrogen) atoms. The Bertz CT molecular complexity index is 299. The Morgan fingerprint density at radius 1 is 1.29 bits per heavy atom. The van der Waals surface area contributed by atoms with Gasteiger partial charge < -0.3 is 5.11 Å². The van der Waals surface area contributed by atoms with Gasteiger partial charge in [0, 0.05) is 0 Å². The molecule has 4 nitrogen and oxygen atoms in total. The Hall–Kier alpha value is -0.580. The van der Waals surface area contributed by atoms with Crippen molar-refractivity contribution in [1.29, 1.82) is 0 Å². The van der Waals surface area contributed by atoms with E-state index in [0.29, 0.717) is 12.8 Å². The topological polar surface area (TPSA) is 71.4 Å². The Labute approximate surface area is 85.2 Å². The first kappa shape index (κ1) is 13.4. The van der Waals surface area contributed by atoms with Gasteiger partial charge in [-0.05, 0) is 26.7 Å². The monoisotopic (exact) mass is 222 g/mol. The van der Waals surface area contributed by atoms with Gasteiger partial charge in [-0.3, -0.25) is 4.79 Å². The molecule has 0 aliphatic carbocycles. The smallest absolute Gasteiger partial charge is 0.324 e. The van der Waals surface area contributed by atoms with Crippen LogP contribution in [0.5, 0.6) is 0 Å². The molecular weight excluding hydrogens is 204 g/mol. The molecule has 5 heteroatoms. The van der Waals surface area contributed by atoms with Crippen LogP contribution in [0.15, 0.2) is 0 Å². The molecule has 0 unspecified atom stereocenters. The van der Waals surface area contributed by atoms with Gasteiger partial charge in [0.25, 0.3) is 0 Å². The van der Waals surface area contributed by atoms with Crippen molar-refractivity contribution in [3.63, 3.8) is 0 Å². The molecule has 1 N–H and O–H groups in total. The zero-order valence-corrected chi connectivity index (χ0v) is 9.89. The molecule has 0 aromatic carbocycles. The van der Waals surface area contributed by atoms with E-state index in [1.165, 1.54) is 13.8 Å². The first-order valence-electron chi connectivity index (χ1n) is 4.68. The van der Waals surface area contributed by atoms with Crippen molar-refractivity contribution in [2.75, 3.05) is 0 Å². The number of sulfone groups is 1. The van der Waals surface area contributed by atoms with Gasteiger partial charge in [-0.25, -0.2) is 8.42 Å². The summed E-state index contributed by atoms with van der Waals surface area (Å²) in [6, 6.07) is 0. The zero-order valence-electron chi connectivity index (χ0n) is 9.07. The molecule has 0 atom stereocenters. The SMILES string of the molecule is CCC(CC)S(=O)(=O)C(C)(C)C(=O)O. The van der Waals surface area contributed by atoms with Crippen LogP contribution in [0, 0.1) is 0 Å². The minimum Gasteiger partial charge on any atom is -0.480 e. The summed E-state index contributed by atoms with van der Waals surface area (Å²) in [5.41, 5.74) is 0. The Morgan fingerprint density at radius 2 is 1.64 bits per heavy atom. The fourth-order valence-corrected chi connectivity index (χ4v) is 3.22. The molecule has 0 aliphatic heterocycles. The summed E-state index contributed by atoms with van der Waals surface area (Å²) in [5, 5.41) is 8.28. The van der Waals surface area contributed by atoms with E-state index in [2.05, 4.69) is 0 Å². The Kier molecular flexibility index (Phi) is 4.12. The second-order valence-corrected chi connectivity index (χ2v) is 6.58. The van der Waals surface area contributed by atoms with Gasteiger partial charge in [-0.1, -0.05) is 13.8 Å². The predicted molar refractivity (Wildman–Crippen MR) is 55.0 cm³/mol. The largest absolute Gasteiger partial charge is 0.480 e. The van der Waals surface area contributed by atoms with Crippen molar-refractivity contribution in [3.8, 4) is 0 Å². The lowest BCUT2D eigenvalue weighted by atomic mass is 10.2. The molecule has 0 aromatic rings. The fraction of sp³-hybridized carbons (Fsp3) is 0.889. The summed E-state index contributed by atoms with van der Waals surface area (Å²) < 4.78 is 22.1. The standard InChI is InChI=1S/C9H18O4S/c1-5-7(6-2)14(12,13)9(3,4)8(10)11/h7H,5-6H2,1-4H3,(H,10,11). The van der Waals surface area contributed by atoms with E-state index in [1.54, 1.807) is 13.8 Å². The predicted octanol–water partition coefficient (Wildman–Crippen LogP) is 1.45. The molecule has 0 aliphatic rings. The average molecular weight is 222 g/mol. The number of hydrogen-bond acceptors (Lipinski definition) is 3. The summed E-state index contributed by atoms with van der Waals surface area (Å²) in [4.78, 5) is 10.8. The molecule has 0 bridgehead atoms. The van der Waals surface area contributed by atoms with Gasteiger partial charge in [-0.15, -0.1) is 0 Å². The van der Waals surface area contributed by atoms with Gasteiger partial charge in [0.05, 0.1) is 5.25 Å². The van der Waals surface area contributed by atoms with Crippen LogP contribution in [-0.4, -0.2) is 29.5 Å². The molecular formula is C9H18O4S. The maximum absolute atomic E-state index is 11.9. The van der Waals surface area contributed by atoms with Gasteiger partial charge >= 0.3 is 5.97 Å². The molecule has 0 radical (unpaired) electrons. The number of hydrogen-bond donors (Lipinski definition) is 1. The molecule has 84 valence electrons. The number of carboxylic acids is 1. The lowest BCUT2D eigenvalue weighted by Gasteiger charge is -2.25. The van der Waals surface area contributed by atoms with Crippen LogP contribution in [0.2, 0.25) is 0 Å². The summed E-state index contributed by atoms with van der Waals surface area (Å²) in [6.45, 7) is 5.99. The highest BCUT2D eigenvalue weighted by Crippen LogP contribution is 2.25. The average Bonchev–Trinajstić information content (AvgIpc) is 2.05. The first-order valence-corrected chi connectivity index (χ1v) is 6.23. The summed E-state index contributed by atoms with van der Waals surface area (Å²) in [7, 11) is -3.60. The van der Waals surface area contributed by atoms with Crippen LogP contribution in [-0.2, 0) is 14.6 Å². The van der Waals surface area contributed by atoms with Gasteiger partial charge in [0.15, 0.2) is 14.6 Å². The number of carboxylic acid groups (broad SMARTS) is 1. The van der Waals surface area contributed by atoms with Crippen molar-refractivity contribution in [2.45, 2.75) is 50.5 Å². The van der Waals surface area contributed by atoms with Crippen molar-refractivity contribution < 1.29 is 18.3 Å². The Balaban J connectivity index is 5.24. The second kappa shape index (κ2) is 4.29. The maximum Gasteiger partial charge on any atom is 0.324 e. The number of carbonyl (C=O) groups is 1. The third-order valence-electron chi connectivity index (χ3n) is 2.58. The van der Waals surface area contributed by atoms with E-state index in [0.717, 1.165) is 0 Å². The second-order valence-electron chi connectivity index (χ2n) is 3.80. The minimum atomic E-state index is -3.60. The lowest BCUT2D eigenvalue weighted by Crippen LogP contribution is -2.45. The van der Waals surface area contributed by atoms with Crippen LogP contribution in [0.3, 0.4) is 0 Å². The summed E-state index contributed by atoms with van der Waals surface area (Å²) in [6.07, 6.45) is 0.908. The first-order chi connectivity index (χ1) is 6.21. The van der Waals surface area contributed by atoms with E-state index in [1.807, 2.05) is 0 Å². The van der Waals surface area contributed by atoms with Crippen LogP contribution < -0.4 is 0 Å². The van der Waals surface area contributed by atoms with E-state index >= 15 is 0 Å². The van der Waals surface area contributed by atoms with Crippen molar-refractivity contribution in [1.82, 2.24) is 0 Å². The molecule has 0 amide bonds. The quantitative estimate of drug-likeness (QED) is 0.764. The molecule has 0 rings (SSSR count). The molecule has 0 spiro atoms. The minimum absolute atomic E-state index is 0.454. The van der Waals surface area contributed by atoms with Crippen LogP contribution in [0.4, 0.5) is 0 Å². The number of rotatable bonds is 5. The van der Waals surface area contributed by atoms with Crippen molar-refractivity contribution in [2.24, 2.45) is 0 Å². The normalized spacial score (nSPS) is 13.2. The Morgan fingerprint density at radius 3 is 1.86 bits per heavy atom. The van der Waals surface area contributed by atoms with Gasteiger partial charge in [0.2, 0.25) is 0 Å². The number of aliphatic carboxylic acids is 1. The highest BCUT2D eigenvalue weighted by molar-refractivity contribution is 7.94. The molecule has 0 saturated carbocycles. The van der Waals surface area contributed by atoms with E-state index in [9.17, 15) is 13.2 Å². The van der Waals surface area contributed by atoms with Crippen LogP contribution in [0.25, 0.3) is 0 Å². The summed E-state index contributed by atoms with van der Waals surface area (Å²) >= 11 is 0. The van der Waals surface area contributed by atoms with E-state index in [-0.39, 0.29) is 0 Å². The van der Waals surface area contributed by atoms with Crippen molar-refractivity contribution in [3.05, 3.63) is 0 Å². The molecule has 0 aromatic heterocycles.